The molecule has 8 heteroatoms. The molecule has 0 atom stereocenters. The van der Waals surface area contributed by atoms with Crippen molar-refractivity contribution in [3.63, 3.8) is 0 Å². The van der Waals surface area contributed by atoms with Gasteiger partial charge in [0.15, 0.2) is 5.76 Å². The van der Waals surface area contributed by atoms with Crippen molar-refractivity contribution in [3.8, 4) is 5.75 Å². The smallest absolute Gasteiger partial charge is 0.305 e. The highest BCUT2D eigenvalue weighted by atomic mass is 16.5. The van der Waals surface area contributed by atoms with E-state index in [0.29, 0.717) is 22.5 Å². The Kier molecular flexibility index (Phi) is 5.47. The minimum atomic E-state index is -0.531. The zero-order chi connectivity index (χ0) is 23.7. The molecule has 0 fully saturated rings. The molecule has 0 aliphatic rings. The number of para-hydroxylation sites is 1. The second-order valence-electron chi connectivity index (χ2n) is 7.93. The molecular formula is C26H22N4O4. The van der Waals surface area contributed by atoms with E-state index in [1.807, 2.05) is 54.0 Å². The highest BCUT2D eigenvalue weighted by Gasteiger charge is 2.18. The van der Waals surface area contributed by atoms with Gasteiger partial charge in [-0.2, -0.15) is 0 Å². The molecular weight excluding hydrogens is 432 g/mol. The predicted molar refractivity (Wildman–Crippen MR) is 127 cm³/mol. The van der Waals surface area contributed by atoms with Crippen LogP contribution in [0.5, 0.6) is 5.75 Å². The third-order valence-electron chi connectivity index (χ3n) is 5.55. The third-order valence-corrected chi connectivity index (χ3v) is 5.55. The molecule has 2 N–H and O–H groups in total. The van der Waals surface area contributed by atoms with Gasteiger partial charge in [0.25, 0.3) is 5.91 Å². The van der Waals surface area contributed by atoms with E-state index >= 15 is 0 Å². The number of hydrazine groups is 1. The first-order valence-electron chi connectivity index (χ1n) is 10.7. The monoisotopic (exact) mass is 454 g/mol. The number of amides is 2. The number of nitrogens with one attached hydrogen (secondary N) is 2. The Hall–Kier alpha value is -4.59. The van der Waals surface area contributed by atoms with E-state index in [4.69, 9.17) is 9.15 Å². The van der Waals surface area contributed by atoms with Crippen LogP contribution in [0.2, 0.25) is 0 Å². The molecule has 0 aliphatic heterocycles. The second-order valence-corrected chi connectivity index (χ2v) is 7.93. The number of carbonyl (C=O) groups excluding carboxylic acids is 2. The highest BCUT2D eigenvalue weighted by Crippen LogP contribution is 2.24. The summed E-state index contributed by atoms with van der Waals surface area (Å²) in [4.78, 5) is 29.7. The Balaban J connectivity index is 1.22. The predicted octanol–water partition coefficient (Wildman–Crippen LogP) is 4.35. The fourth-order valence-corrected chi connectivity index (χ4v) is 3.79. The summed E-state index contributed by atoms with van der Waals surface area (Å²) in [5.74, 6) is -0.338. The SMILES string of the molecule is Cc1c(C(=O)NNC(=O)c2cccc(OCc3cn4cccc(C)c4n3)c2)oc2ccccc12. The third kappa shape index (κ3) is 4.09. The van der Waals surface area contributed by atoms with Crippen LogP contribution in [0.1, 0.15) is 37.7 Å². The summed E-state index contributed by atoms with van der Waals surface area (Å²) in [6.45, 7) is 4.06. The van der Waals surface area contributed by atoms with E-state index in [2.05, 4.69) is 15.8 Å². The number of carbonyl (C=O) groups is 2. The van der Waals surface area contributed by atoms with Gasteiger partial charge >= 0.3 is 5.91 Å². The number of pyridine rings is 1. The van der Waals surface area contributed by atoms with Crippen LogP contribution >= 0.6 is 0 Å². The number of rotatable bonds is 5. The quantitative estimate of drug-likeness (QED) is 0.385. The van der Waals surface area contributed by atoms with Gasteiger partial charge in [-0.15, -0.1) is 0 Å². The Bertz CT molecular complexity index is 1530. The number of nitrogens with zero attached hydrogens (tertiary/aromatic N) is 2. The lowest BCUT2D eigenvalue weighted by atomic mass is 10.1. The molecule has 0 saturated carbocycles. The maximum absolute atomic E-state index is 12.6. The molecule has 0 saturated heterocycles. The molecule has 2 aromatic carbocycles. The lowest BCUT2D eigenvalue weighted by Gasteiger charge is -2.09. The first kappa shape index (κ1) is 21.3. The van der Waals surface area contributed by atoms with Crippen LogP contribution in [-0.2, 0) is 6.61 Å². The van der Waals surface area contributed by atoms with Crippen molar-refractivity contribution in [2.75, 3.05) is 0 Å². The van der Waals surface area contributed by atoms with Crippen molar-refractivity contribution >= 4 is 28.4 Å². The van der Waals surface area contributed by atoms with Crippen molar-refractivity contribution in [3.05, 3.63) is 101 Å². The molecule has 0 spiro atoms. The molecule has 0 aliphatic carbocycles. The van der Waals surface area contributed by atoms with Gasteiger partial charge in [-0.1, -0.05) is 30.3 Å². The van der Waals surface area contributed by atoms with Crippen LogP contribution in [0.4, 0.5) is 0 Å². The van der Waals surface area contributed by atoms with E-state index in [9.17, 15) is 9.59 Å². The molecule has 8 nitrogen and oxygen atoms in total. The van der Waals surface area contributed by atoms with Crippen molar-refractivity contribution < 1.29 is 18.7 Å². The molecule has 5 rings (SSSR count). The van der Waals surface area contributed by atoms with Gasteiger partial charge in [0.1, 0.15) is 23.6 Å². The molecule has 5 aromatic rings. The Labute approximate surface area is 195 Å². The minimum Gasteiger partial charge on any atom is -0.487 e. The number of hydrogen-bond donors (Lipinski definition) is 2. The number of ether oxygens (including phenoxy) is 1. The molecule has 0 bridgehead atoms. The maximum atomic E-state index is 12.6. The zero-order valence-corrected chi connectivity index (χ0v) is 18.7. The lowest BCUT2D eigenvalue weighted by molar-refractivity contribution is 0.0831. The van der Waals surface area contributed by atoms with Crippen molar-refractivity contribution in [1.82, 2.24) is 20.2 Å². The van der Waals surface area contributed by atoms with Gasteiger partial charge in [-0.25, -0.2) is 4.98 Å². The molecule has 34 heavy (non-hydrogen) atoms. The van der Waals surface area contributed by atoms with Crippen molar-refractivity contribution in [2.45, 2.75) is 20.5 Å². The van der Waals surface area contributed by atoms with Gasteiger partial charge < -0.3 is 13.6 Å². The van der Waals surface area contributed by atoms with Crippen LogP contribution < -0.4 is 15.6 Å². The van der Waals surface area contributed by atoms with Gasteiger partial charge in [0.2, 0.25) is 0 Å². The Morgan fingerprint density at radius 1 is 1.00 bits per heavy atom. The van der Waals surface area contributed by atoms with E-state index in [-0.39, 0.29) is 12.4 Å². The molecule has 170 valence electrons. The standard InChI is InChI=1S/C26H22N4O4/c1-16-7-6-12-30-14-19(27-24(16)30)15-33-20-9-5-8-18(13-20)25(31)28-29-26(32)23-17(2)21-10-3-4-11-22(21)34-23/h3-14H,15H2,1-2H3,(H,28,31)(H,29,32). The van der Waals surface area contributed by atoms with Crippen LogP contribution in [0.15, 0.2) is 77.5 Å². The molecule has 0 unspecified atom stereocenters. The van der Waals surface area contributed by atoms with Crippen LogP contribution in [-0.4, -0.2) is 21.2 Å². The van der Waals surface area contributed by atoms with Crippen LogP contribution in [0, 0.1) is 13.8 Å². The summed E-state index contributed by atoms with van der Waals surface area (Å²) in [6.07, 6.45) is 3.85. The fraction of sp³-hybridized carbons (Fsp3) is 0.115. The number of fused-ring (bicyclic) bond motifs is 2. The summed E-state index contributed by atoms with van der Waals surface area (Å²) < 4.78 is 13.4. The maximum Gasteiger partial charge on any atom is 0.305 e. The largest absolute Gasteiger partial charge is 0.487 e. The number of hydrogen-bond acceptors (Lipinski definition) is 5. The summed E-state index contributed by atoms with van der Waals surface area (Å²) in [5, 5.41) is 0.851. The summed E-state index contributed by atoms with van der Waals surface area (Å²) in [5.41, 5.74) is 9.23. The first-order valence-corrected chi connectivity index (χ1v) is 10.7. The van der Waals surface area contributed by atoms with Crippen molar-refractivity contribution in [2.24, 2.45) is 0 Å². The zero-order valence-electron chi connectivity index (χ0n) is 18.7. The molecule has 0 radical (unpaired) electrons. The fourth-order valence-electron chi connectivity index (χ4n) is 3.79. The Morgan fingerprint density at radius 3 is 2.65 bits per heavy atom. The average molecular weight is 454 g/mol. The molecule has 3 aromatic heterocycles. The summed E-state index contributed by atoms with van der Waals surface area (Å²) in [7, 11) is 0. The van der Waals surface area contributed by atoms with Gasteiger partial charge in [0, 0.05) is 28.9 Å². The van der Waals surface area contributed by atoms with Gasteiger partial charge in [-0.3, -0.25) is 20.4 Å². The van der Waals surface area contributed by atoms with Gasteiger partial charge in [0.05, 0.1) is 5.69 Å². The van der Waals surface area contributed by atoms with Crippen LogP contribution in [0.25, 0.3) is 16.6 Å². The van der Waals surface area contributed by atoms with Gasteiger partial charge in [-0.05, 0) is 49.7 Å². The molecule has 2 amide bonds. The number of furan rings is 1. The highest BCUT2D eigenvalue weighted by molar-refractivity contribution is 6.01. The molecule has 3 heterocycles. The average Bonchev–Trinajstić information content (AvgIpc) is 3.43. The topological polar surface area (TPSA) is 97.9 Å². The summed E-state index contributed by atoms with van der Waals surface area (Å²) >= 11 is 0. The van der Waals surface area contributed by atoms with E-state index in [1.54, 1.807) is 37.3 Å². The minimum absolute atomic E-state index is 0.154. The van der Waals surface area contributed by atoms with E-state index < -0.39 is 11.8 Å². The second kappa shape index (κ2) is 8.74. The lowest BCUT2D eigenvalue weighted by Crippen LogP contribution is -2.41. The Morgan fingerprint density at radius 2 is 1.82 bits per heavy atom. The first-order chi connectivity index (χ1) is 16.5. The number of imidazole rings is 1. The number of aromatic nitrogens is 2. The van der Waals surface area contributed by atoms with Crippen molar-refractivity contribution in [1.29, 1.82) is 0 Å². The van der Waals surface area contributed by atoms with E-state index in [1.165, 1.54) is 0 Å². The summed E-state index contributed by atoms with van der Waals surface area (Å²) in [6, 6.07) is 18.0. The van der Waals surface area contributed by atoms with E-state index in [0.717, 1.165) is 22.3 Å². The number of aryl methyl sites for hydroxylation is 2. The van der Waals surface area contributed by atoms with Crippen LogP contribution in [0.3, 0.4) is 0 Å². The normalized spacial score (nSPS) is 11.0. The number of benzene rings is 2.